The number of nitrogens with zero attached hydrogens (tertiary/aromatic N) is 2. The molecule has 2 aromatic rings. The predicted molar refractivity (Wildman–Crippen MR) is 78.0 cm³/mol. The highest BCUT2D eigenvalue weighted by Crippen LogP contribution is 2.22. The first kappa shape index (κ1) is 13.9. The SMILES string of the molecule is COCCOc1ccc(Nc2nc(N)ncc2N)cc1. The molecule has 0 unspecified atom stereocenters. The first-order chi connectivity index (χ1) is 9.69. The predicted octanol–water partition coefficient (Wildman–Crippen LogP) is 1.41. The Hall–Kier alpha value is -2.54. The van der Waals surface area contributed by atoms with E-state index in [0.717, 1.165) is 11.4 Å². The van der Waals surface area contributed by atoms with E-state index in [-0.39, 0.29) is 5.95 Å². The topological polar surface area (TPSA) is 108 Å². The molecule has 0 saturated carbocycles. The largest absolute Gasteiger partial charge is 0.491 e. The van der Waals surface area contributed by atoms with Crippen molar-refractivity contribution in [2.24, 2.45) is 0 Å². The lowest BCUT2D eigenvalue weighted by molar-refractivity contribution is 0.146. The Bertz CT molecular complexity index is 559. The van der Waals surface area contributed by atoms with Gasteiger partial charge in [-0.3, -0.25) is 0 Å². The van der Waals surface area contributed by atoms with Crippen LogP contribution in [0, 0.1) is 0 Å². The van der Waals surface area contributed by atoms with Crippen LogP contribution in [0.25, 0.3) is 0 Å². The Morgan fingerprint density at radius 1 is 1.15 bits per heavy atom. The number of methoxy groups -OCH3 is 1. The second-order valence-electron chi connectivity index (χ2n) is 4.02. The Morgan fingerprint density at radius 2 is 1.90 bits per heavy atom. The van der Waals surface area contributed by atoms with Gasteiger partial charge in [-0.1, -0.05) is 0 Å². The number of anilines is 4. The van der Waals surface area contributed by atoms with E-state index in [1.807, 2.05) is 24.3 Å². The Kier molecular flexibility index (Phi) is 4.56. The molecule has 0 bridgehead atoms. The van der Waals surface area contributed by atoms with Crippen LogP contribution in [0.2, 0.25) is 0 Å². The van der Waals surface area contributed by atoms with Gasteiger partial charge in [0.05, 0.1) is 18.5 Å². The normalized spacial score (nSPS) is 10.2. The molecule has 0 atom stereocenters. The molecule has 20 heavy (non-hydrogen) atoms. The van der Waals surface area contributed by atoms with Crippen molar-refractivity contribution >= 4 is 23.1 Å². The molecule has 0 radical (unpaired) electrons. The molecule has 5 N–H and O–H groups in total. The molecule has 0 aliphatic rings. The smallest absolute Gasteiger partial charge is 0.222 e. The number of nitrogen functional groups attached to an aromatic ring is 2. The minimum absolute atomic E-state index is 0.168. The number of aromatic nitrogens is 2. The van der Waals surface area contributed by atoms with Gasteiger partial charge in [0, 0.05) is 12.8 Å². The van der Waals surface area contributed by atoms with Gasteiger partial charge in [-0.05, 0) is 24.3 Å². The summed E-state index contributed by atoms with van der Waals surface area (Å²) < 4.78 is 10.4. The summed E-state index contributed by atoms with van der Waals surface area (Å²) in [7, 11) is 1.63. The van der Waals surface area contributed by atoms with Crippen molar-refractivity contribution in [2.45, 2.75) is 0 Å². The van der Waals surface area contributed by atoms with Crippen LogP contribution >= 0.6 is 0 Å². The molecular formula is C13H17N5O2. The van der Waals surface area contributed by atoms with Gasteiger partial charge < -0.3 is 26.3 Å². The van der Waals surface area contributed by atoms with Crippen LogP contribution in [-0.4, -0.2) is 30.3 Å². The molecule has 2 rings (SSSR count). The molecule has 0 fully saturated rings. The zero-order chi connectivity index (χ0) is 14.4. The highest BCUT2D eigenvalue weighted by Gasteiger charge is 2.03. The highest BCUT2D eigenvalue weighted by atomic mass is 16.5. The van der Waals surface area contributed by atoms with Crippen molar-refractivity contribution in [3.8, 4) is 5.75 Å². The number of rotatable bonds is 6. The number of ether oxygens (including phenoxy) is 2. The van der Waals surface area contributed by atoms with Crippen LogP contribution in [0.3, 0.4) is 0 Å². The first-order valence-electron chi connectivity index (χ1n) is 6.06. The first-order valence-corrected chi connectivity index (χ1v) is 6.06. The number of benzene rings is 1. The van der Waals surface area contributed by atoms with Gasteiger partial charge in [-0.15, -0.1) is 0 Å². The molecule has 7 nitrogen and oxygen atoms in total. The van der Waals surface area contributed by atoms with Crippen LogP contribution in [0.4, 0.5) is 23.1 Å². The number of nitrogens with one attached hydrogen (secondary N) is 1. The highest BCUT2D eigenvalue weighted by molar-refractivity contribution is 5.68. The fraction of sp³-hybridized carbons (Fsp3) is 0.231. The number of hydrogen-bond acceptors (Lipinski definition) is 7. The summed E-state index contributed by atoms with van der Waals surface area (Å²) in [5, 5.41) is 3.07. The Labute approximate surface area is 116 Å². The molecular weight excluding hydrogens is 258 g/mol. The van der Waals surface area contributed by atoms with Crippen molar-refractivity contribution in [1.29, 1.82) is 0 Å². The van der Waals surface area contributed by atoms with Crippen molar-refractivity contribution in [2.75, 3.05) is 37.1 Å². The van der Waals surface area contributed by atoms with Crippen LogP contribution in [0.15, 0.2) is 30.5 Å². The van der Waals surface area contributed by atoms with Crippen LogP contribution < -0.4 is 21.5 Å². The average Bonchev–Trinajstić information content (AvgIpc) is 2.45. The third-order valence-electron chi connectivity index (χ3n) is 2.51. The van der Waals surface area contributed by atoms with Crippen molar-refractivity contribution in [3.63, 3.8) is 0 Å². The summed E-state index contributed by atoms with van der Waals surface area (Å²) in [6, 6.07) is 7.41. The average molecular weight is 275 g/mol. The summed E-state index contributed by atoms with van der Waals surface area (Å²) in [5.41, 5.74) is 12.5. The lowest BCUT2D eigenvalue weighted by Crippen LogP contribution is -2.05. The second kappa shape index (κ2) is 6.58. The zero-order valence-electron chi connectivity index (χ0n) is 11.2. The summed E-state index contributed by atoms with van der Waals surface area (Å²) in [6.45, 7) is 1.06. The maximum absolute atomic E-state index is 5.77. The standard InChI is InChI=1S/C13H17N5O2/c1-19-6-7-20-10-4-2-9(3-5-10)17-12-11(14)8-16-13(15)18-12/h2-5,8H,6-7,14H2,1H3,(H3,15,16,17,18). The minimum Gasteiger partial charge on any atom is -0.491 e. The molecule has 7 heteroatoms. The van der Waals surface area contributed by atoms with E-state index in [1.54, 1.807) is 7.11 Å². The number of hydrogen-bond donors (Lipinski definition) is 3. The molecule has 0 amide bonds. The molecule has 1 aromatic heterocycles. The second-order valence-corrected chi connectivity index (χ2v) is 4.02. The zero-order valence-corrected chi connectivity index (χ0v) is 11.2. The van der Waals surface area contributed by atoms with Gasteiger partial charge in [-0.2, -0.15) is 4.98 Å². The van der Waals surface area contributed by atoms with E-state index in [0.29, 0.717) is 24.7 Å². The van der Waals surface area contributed by atoms with Crippen molar-refractivity contribution < 1.29 is 9.47 Å². The molecule has 1 aromatic carbocycles. The van der Waals surface area contributed by atoms with E-state index in [2.05, 4.69) is 15.3 Å². The maximum Gasteiger partial charge on any atom is 0.222 e. The van der Waals surface area contributed by atoms with E-state index >= 15 is 0 Å². The van der Waals surface area contributed by atoms with E-state index < -0.39 is 0 Å². The molecule has 0 spiro atoms. The fourth-order valence-electron chi connectivity index (χ4n) is 1.52. The van der Waals surface area contributed by atoms with Gasteiger partial charge in [0.1, 0.15) is 12.4 Å². The summed E-state index contributed by atoms with van der Waals surface area (Å²) in [6.07, 6.45) is 1.47. The van der Waals surface area contributed by atoms with Gasteiger partial charge in [0.15, 0.2) is 5.82 Å². The third-order valence-corrected chi connectivity index (χ3v) is 2.51. The summed E-state index contributed by atoms with van der Waals surface area (Å²) in [4.78, 5) is 7.84. The van der Waals surface area contributed by atoms with Crippen LogP contribution in [0.5, 0.6) is 5.75 Å². The van der Waals surface area contributed by atoms with Crippen LogP contribution in [0.1, 0.15) is 0 Å². The fourth-order valence-corrected chi connectivity index (χ4v) is 1.52. The molecule has 106 valence electrons. The monoisotopic (exact) mass is 275 g/mol. The Balaban J connectivity index is 2.01. The van der Waals surface area contributed by atoms with Crippen molar-refractivity contribution in [3.05, 3.63) is 30.5 Å². The lowest BCUT2D eigenvalue weighted by atomic mass is 10.3. The van der Waals surface area contributed by atoms with Gasteiger partial charge in [0.25, 0.3) is 0 Å². The quantitative estimate of drug-likeness (QED) is 0.684. The van der Waals surface area contributed by atoms with Gasteiger partial charge in [0.2, 0.25) is 5.95 Å². The molecule has 1 heterocycles. The van der Waals surface area contributed by atoms with E-state index in [4.69, 9.17) is 20.9 Å². The lowest BCUT2D eigenvalue weighted by Gasteiger charge is -2.10. The number of nitrogens with two attached hydrogens (primary N) is 2. The minimum atomic E-state index is 0.168. The van der Waals surface area contributed by atoms with Crippen LogP contribution in [-0.2, 0) is 4.74 Å². The summed E-state index contributed by atoms with van der Waals surface area (Å²) >= 11 is 0. The van der Waals surface area contributed by atoms with E-state index in [1.165, 1.54) is 6.20 Å². The Morgan fingerprint density at radius 3 is 2.60 bits per heavy atom. The molecule has 0 aliphatic heterocycles. The van der Waals surface area contributed by atoms with E-state index in [9.17, 15) is 0 Å². The van der Waals surface area contributed by atoms with Gasteiger partial charge >= 0.3 is 0 Å². The molecule has 0 aliphatic carbocycles. The third kappa shape index (κ3) is 3.72. The maximum atomic E-state index is 5.77. The molecule has 0 saturated heterocycles. The van der Waals surface area contributed by atoms with Gasteiger partial charge in [-0.25, -0.2) is 4.98 Å². The summed E-state index contributed by atoms with van der Waals surface area (Å²) in [5.74, 6) is 1.41. The van der Waals surface area contributed by atoms with Crippen molar-refractivity contribution in [1.82, 2.24) is 9.97 Å².